The summed E-state index contributed by atoms with van der Waals surface area (Å²) in [7, 11) is 0. The molecule has 1 aliphatic rings. The highest BCUT2D eigenvalue weighted by molar-refractivity contribution is 5.02. The van der Waals surface area contributed by atoms with Gasteiger partial charge in [0.05, 0.1) is 12.9 Å². The lowest BCUT2D eigenvalue weighted by Gasteiger charge is -2.24. The van der Waals surface area contributed by atoms with Crippen LogP contribution in [0.1, 0.15) is 24.7 Å². The zero-order chi connectivity index (χ0) is 10.5. The Hall–Kier alpha value is -0.840. The Morgan fingerprint density at radius 3 is 3.20 bits per heavy atom. The number of furan rings is 1. The molecule has 84 valence electrons. The van der Waals surface area contributed by atoms with Crippen LogP contribution >= 0.6 is 0 Å². The van der Waals surface area contributed by atoms with E-state index >= 15 is 0 Å². The van der Waals surface area contributed by atoms with E-state index in [1.54, 1.807) is 18.4 Å². The average Bonchev–Trinajstić information content (AvgIpc) is 2.81. The number of hydrogen-bond donors (Lipinski definition) is 2. The first-order chi connectivity index (χ1) is 7.36. The average molecular weight is 211 g/mol. The molecule has 15 heavy (non-hydrogen) atoms. The van der Waals surface area contributed by atoms with Crippen LogP contribution in [0.4, 0.5) is 0 Å². The van der Waals surface area contributed by atoms with Crippen LogP contribution < -0.4 is 5.32 Å². The quantitative estimate of drug-likeness (QED) is 0.782. The van der Waals surface area contributed by atoms with Crippen LogP contribution in [-0.2, 0) is 4.74 Å². The third-order valence-electron chi connectivity index (χ3n) is 2.63. The minimum Gasteiger partial charge on any atom is -0.467 e. The smallest absolute Gasteiger partial charge is 0.133 e. The van der Waals surface area contributed by atoms with Gasteiger partial charge in [0, 0.05) is 19.2 Å². The normalized spacial score (nSPS) is 23.9. The second-order valence-electron chi connectivity index (χ2n) is 3.85. The molecule has 0 bridgehead atoms. The van der Waals surface area contributed by atoms with Crippen LogP contribution in [0.5, 0.6) is 0 Å². The molecule has 2 unspecified atom stereocenters. The molecule has 2 rings (SSSR count). The van der Waals surface area contributed by atoms with Gasteiger partial charge in [0.25, 0.3) is 0 Å². The molecule has 0 spiro atoms. The van der Waals surface area contributed by atoms with Crippen molar-refractivity contribution in [1.29, 1.82) is 0 Å². The summed E-state index contributed by atoms with van der Waals surface area (Å²) in [6.45, 7) is 2.12. The Labute approximate surface area is 89.2 Å². The van der Waals surface area contributed by atoms with Gasteiger partial charge >= 0.3 is 0 Å². The standard InChI is InChI=1S/C11H17NO3/c13-10(11-4-2-6-15-11)7-12-9-3-1-5-14-8-9/h2,4,6,9-10,12-13H,1,3,5,7-8H2. The summed E-state index contributed by atoms with van der Waals surface area (Å²) >= 11 is 0. The van der Waals surface area contributed by atoms with E-state index in [0.29, 0.717) is 18.3 Å². The summed E-state index contributed by atoms with van der Waals surface area (Å²) in [5, 5.41) is 13.0. The third-order valence-corrected chi connectivity index (χ3v) is 2.63. The summed E-state index contributed by atoms with van der Waals surface area (Å²) in [4.78, 5) is 0. The van der Waals surface area contributed by atoms with E-state index in [-0.39, 0.29) is 0 Å². The van der Waals surface area contributed by atoms with Crippen molar-refractivity contribution in [2.24, 2.45) is 0 Å². The number of aliphatic hydroxyl groups is 1. The summed E-state index contributed by atoms with van der Waals surface area (Å²) in [6, 6.07) is 3.93. The van der Waals surface area contributed by atoms with Gasteiger partial charge in [-0.15, -0.1) is 0 Å². The fourth-order valence-electron chi connectivity index (χ4n) is 1.76. The molecule has 2 N–H and O–H groups in total. The van der Waals surface area contributed by atoms with Crippen molar-refractivity contribution >= 4 is 0 Å². The van der Waals surface area contributed by atoms with Gasteiger partial charge in [-0.25, -0.2) is 0 Å². The van der Waals surface area contributed by atoms with Gasteiger partial charge in [-0.1, -0.05) is 0 Å². The summed E-state index contributed by atoms with van der Waals surface area (Å²) < 4.78 is 10.5. The zero-order valence-corrected chi connectivity index (χ0v) is 8.69. The first kappa shape index (κ1) is 10.7. The molecule has 1 saturated heterocycles. The minimum atomic E-state index is -0.568. The summed E-state index contributed by atoms with van der Waals surface area (Å²) in [6.07, 6.45) is 3.21. The highest BCUT2D eigenvalue weighted by Gasteiger charge is 2.16. The fourth-order valence-corrected chi connectivity index (χ4v) is 1.76. The third kappa shape index (κ3) is 3.06. The zero-order valence-electron chi connectivity index (χ0n) is 8.69. The van der Waals surface area contributed by atoms with Crippen molar-refractivity contribution in [3.63, 3.8) is 0 Å². The van der Waals surface area contributed by atoms with E-state index < -0.39 is 6.10 Å². The predicted octanol–water partition coefficient (Wildman–Crippen LogP) is 1.08. The highest BCUT2D eigenvalue weighted by Crippen LogP contribution is 2.13. The summed E-state index contributed by atoms with van der Waals surface area (Å²) in [5.74, 6) is 0.610. The Morgan fingerprint density at radius 2 is 2.53 bits per heavy atom. The van der Waals surface area contributed by atoms with Gasteiger partial charge < -0.3 is 19.6 Å². The predicted molar refractivity (Wildman–Crippen MR) is 55.5 cm³/mol. The van der Waals surface area contributed by atoms with Gasteiger partial charge in [-0.3, -0.25) is 0 Å². The minimum absolute atomic E-state index is 0.364. The van der Waals surface area contributed by atoms with Crippen LogP contribution in [0.25, 0.3) is 0 Å². The van der Waals surface area contributed by atoms with Crippen LogP contribution in [0.3, 0.4) is 0 Å². The maximum atomic E-state index is 9.74. The van der Waals surface area contributed by atoms with Gasteiger partial charge in [0.1, 0.15) is 11.9 Å². The van der Waals surface area contributed by atoms with Gasteiger partial charge in [-0.05, 0) is 25.0 Å². The van der Waals surface area contributed by atoms with Crippen LogP contribution in [-0.4, -0.2) is 30.9 Å². The van der Waals surface area contributed by atoms with Crippen molar-refractivity contribution in [3.05, 3.63) is 24.2 Å². The van der Waals surface area contributed by atoms with Crippen molar-refractivity contribution < 1.29 is 14.3 Å². The van der Waals surface area contributed by atoms with E-state index in [4.69, 9.17) is 9.15 Å². The van der Waals surface area contributed by atoms with Crippen LogP contribution in [0.2, 0.25) is 0 Å². The van der Waals surface area contributed by atoms with Gasteiger partial charge in [0.15, 0.2) is 0 Å². The molecule has 1 aromatic heterocycles. The van der Waals surface area contributed by atoms with E-state index in [1.807, 2.05) is 0 Å². The number of hydrogen-bond acceptors (Lipinski definition) is 4. The molecule has 4 heteroatoms. The monoisotopic (exact) mass is 211 g/mol. The van der Waals surface area contributed by atoms with E-state index in [1.165, 1.54) is 0 Å². The topological polar surface area (TPSA) is 54.6 Å². The van der Waals surface area contributed by atoms with Gasteiger partial charge in [0.2, 0.25) is 0 Å². The fraction of sp³-hybridized carbons (Fsp3) is 0.636. The molecular weight excluding hydrogens is 194 g/mol. The van der Waals surface area contributed by atoms with E-state index in [2.05, 4.69) is 5.32 Å². The Kier molecular flexibility index (Phi) is 3.77. The van der Waals surface area contributed by atoms with Crippen molar-refractivity contribution in [2.75, 3.05) is 19.8 Å². The number of aliphatic hydroxyl groups excluding tert-OH is 1. The Balaban J connectivity index is 1.73. The van der Waals surface area contributed by atoms with Crippen molar-refractivity contribution in [2.45, 2.75) is 25.0 Å². The van der Waals surface area contributed by atoms with Crippen molar-refractivity contribution in [3.8, 4) is 0 Å². The van der Waals surface area contributed by atoms with Crippen LogP contribution in [0, 0.1) is 0 Å². The molecule has 0 aliphatic carbocycles. The first-order valence-corrected chi connectivity index (χ1v) is 5.39. The molecular formula is C11H17NO3. The first-order valence-electron chi connectivity index (χ1n) is 5.39. The maximum Gasteiger partial charge on any atom is 0.133 e. The number of nitrogens with one attached hydrogen (secondary N) is 1. The van der Waals surface area contributed by atoms with E-state index in [0.717, 1.165) is 26.1 Å². The largest absolute Gasteiger partial charge is 0.467 e. The molecule has 0 amide bonds. The second-order valence-corrected chi connectivity index (χ2v) is 3.85. The molecule has 0 saturated carbocycles. The molecule has 1 aliphatic heterocycles. The molecule has 4 nitrogen and oxygen atoms in total. The summed E-state index contributed by atoms with van der Waals surface area (Å²) in [5.41, 5.74) is 0. The Morgan fingerprint density at radius 1 is 1.60 bits per heavy atom. The molecule has 2 atom stereocenters. The number of rotatable bonds is 4. The van der Waals surface area contributed by atoms with Crippen LogP contribution in [0.15, 0.2) is 22.8 Å². The van der Waals surface area contributed by atoms with E-state index in [9.17, 15) is 5.11 Å². The molecule has 2 heterocycles. The lowest BCUT2D eigenvalue weighted by Crippen LogP contribution is -2.38. The lowest BCUT2D eigenvalue weighted by atomic mass is 10.1. The molecule has 0 radical (unpaired) electrons. The molecule has 1 aromatic rings. The SMILES string of the molecule is OC(CNC1CCCOC1)c1ccco1. The van der Waals surface area contributed by atoms with Gasteiger partial charge in [-0.2, -0.15) is 0 Å². The van der Waals surface area contributed by atoms with Crippen molar-refractivity contribution in [1.82, 2.24) is 5.32 Å². The lowest BCUT2D eigenvalue weighted by molar-refractivity contribution is 0.0618. The Bertz CT molecular complexity index is 267. The highest BCUT2D eigenvalue weighted by atomic mass is 16.5. The second kappa shape index (κ2) is 5.30. The number of ether oxygens (including phenoxy) is 1. The maximum absolute atomic E-state index is 9.74. The molecule has 0 aromatic carbocycles. The molecule has 1 fully saturated rings.